The Kier molecular flexibility index (Phi) is 5.99. The molecular formula is C20H28N2O9. The Morgan fingerprint density at radius 3 is 2.39 bits per heavy atom. The third kappa shape index (κ3) is 3.60. The molecule has 0 amide bonds. The Morgan fingerprint density at radius 1 is 1.10 bits per heavy atom. The third-order valence-corrected chi connectivity index (χ3v) is 6.32. The molecule has 2 saturated heterocycles. The number of hydrogen-bond acceptors (Lipinski definition) is 11. The molecule has 1 aromatic rings. The van der Waals surface area contributed by atoms with Gasteiger partial charge in [-0.1, -0.05) is 0 Å². The summed E-state index contributed by atoms with van der Waals surface area (Å²) in [6.07, 6.45) is -6.63. The van der Waals surface area contributed by atoms with Gasteiger partial charge in [-0.3, -0.25) is 4.90 Å². The summed E-state index contributed by atoms with van der Waals surface area (Å²) in [6, 6.07) is 0. The first-order chi connectivity index (χ1) is 14.8. The normalized spacial score (nSPS) is 31.6. The van der Waals surface area contributed by atoms with E-state index in [0.717, 1.165) is 13.1 Å². The fourth-order valence-electron chi connectivity index (χ4n) is 4.49. The average Bonchev–Trinajstić information content (AvgIpc) is 2.75. The first-order valence-electron chi connectivity index (χ1n) is 10.2. The Bertz CT molecular complexity index is 856. The van der Waals surface area contributed by atoms with Crippen LogP contribution >= 0.6 is 0 Å². The zero-order chi connectivity index (χ0) is 22.4. The molecule has 172 valence electrons. The highest BCUT2D eigenvalue weighted by atomic mass is 16.6. The number of fused-ring (bicyclic) bond motifs is 3. The van der Waals surface area contributed by atoms with Crippen molar-refractivity contribution in [3.8, 4) is 17.2 Å². The number of esters is 1. The molecule has 0 spiro atoms. The molecule has 0 aromatic heterocycles. The number of phenolic OH excluding ortho intramolecular Hbond substituents is 2. The number of ether oxygens (including phenoxy) is 3. The zero-order valence-electron chi connectivity index (χ0n) is 17.4. The van der Waals surface area contributed by atoms with Crippen LogP contribution in [0.1, 0.15) is 27.6 Å². The Balaban J connectivity index is 1.82. The van der Waals surface area contributed by atoms with E-state index in [1.807, 2.05) is 7.05 Å². The summed E-state index contributed by atoms with van der Waals surface area (Å²) in [5, 5.41) is 51.8. The molecule has 0 aliphatic carbocycles. The van der Waals surface area contributed by atoms with Crippen LogP contribution in [-0.4, -0.2) is 113 Å². The average molecular weight is 440 g/mol. The lowest BCUT2D eigenvalue weighted by molar-refractivity contribution is -0.235. The maximum Gasteiger partial charge on any atom is 0.339 e. The van der Waals surface area contributed by atoms with Crippen LogP contribution in [0.3, 0.4) is 0 Å². The molecule has 5 atom stereocenters. The van der Waals surface area contributed by atoms with Crippen LogP contribution < -0.4 is 4.74 Å². The van der Waals surface area contributed by atoms with Crippen molar-refractivity contribution in [1.82, 2.24) is 9.80 Å². The molecule has 3 aliphatic rings. The van der Waals surface area contributed by atoms with Crippen LogP contribution in [0.15, 0.2) is 0 Å². The number of rotatable bonds is 4. The molecule has 5 N–H and O–H groups in total. The van der Waals surface area contributed by atoms with Crippen molar-refractivity contribution in [2.24, 2.45) is 0 Å². The minimum absolute atomic E-state index is 0.00410. The number of phenols is 2. The Labute approximate surface area is 179 Å². The lowest BCUT2D eigenvalue weighted by atomic mass is 9.84. The molecule has 1 aromatic carbocycles. The molecule has 0 saturated carbocycles. The predicted octanol–water partition coefficient (Wildman–Crippen LogP) is -1.45. The van der Waals surface area contributed by atoms with E-state index in [-0.39, 0.29) is 34.7 Å². The number of aromatic hydroxyl groups is 2. The van der Waals surface area contributed by atoms with Crippen molar-refractivity contribution in [1.29, 1.82) is 0 Å². The molecular weight excluding hydrogens is 412 g/mol. The van der Waals surface area contributed by atoms with Gasteiger partial charge in [-0.15, -0.1) is 0 Å². The summed E-state index contributed by atoms with van der Waals surface area (Å²) in [4.78, 5) is 17.2. The monoisotopic (exact) mass is 440 g/mol. The van der Waals surface area contributed by atoms with E-state index in [1.165, 1.54) is 7.11 Å². The molecule has 11 nitrogen and oxygen atoms in total. The Morgan fingerprint density at radius 2 is 1.77 bits per heavy atom. The van der Waals surface area contributed by atoms with Crippen LogP contribution in [0.4, 0.5) is 0 Å². The zero-order valence-corrected chi connectivity index (χ0v) is 17.4. The van der Waals surface area contributed by atoms with Gasteiger partial charge >= 0.3 is 5.97 Å². The fraction of sp³-hybridized carbons (Fsp3) is 0.650. The minimum atomic E-state index is -1.53. The second kappa shape index (κ2) is 8.41. The third-order valence-electron chi connectivity index (χ3n) is 6.32. The van der Waals surface area contributed by atoms with Gasteiger partial charge in [0.1, 0.15) is 24.4 Å². The summed E-state index contributed by atoms with van der Waals surface area (Å²) in [6.45, 7) is 2.68. The summed E-state index contributed by atoms with van der Waals surface area (Å²) in [7, 11) is 3.28. The SMILES string of the molecule is COc1c(O)c(CN2CCN(C)CC2)c2c(c1O)[C@@H]1O[C@H](CO)[C@@H](O)[C@H](O)[C@H]1OC2=O. The second-order valence-corrected chi connectivity index (χ2v) is 8.21. The van der Waals surface area contributed by atoms with Gasteiger partial charge < -0.3 is 44.6 Å². The molecule has 3 aliphatic heterocycles. The molecule has 4 rings (SSSR count). The van der Waals surface area contributed by atoms with Crippen LogP contribution in [0, 0.1) is 0 Å². The molecule has 31 heavy (non-hydrogen) atoms. The first-order valence-corrected chi connectivity index (χ1v) is 10.2. The molecule has 11 heteroatoms. The highest BCUT2D eigenvalue weighted by Crippen LogP contribution is 2.52. The lowest BCUT2D eigenvalue weighted by Gasteiger charge is -2.45. The number of nitrogens with zero attached hydrogens (tertiary/aromatic N) is 2. The van der Waals surface area contributed by atoms with E-state index in [1.54, 1.807) is 0 Å². The Hall–Kier alpha value is -2.15. The number of aliphatic hydroxyl groups is 3. The summed E-state index contributed by atoms with van der Waals surface area (Å²) < 4.78 is 16.3. The lowest BCUT2D eigenvalue weighted by Crippen LogP contribution is -2.58. The maximum atomic E-state index is 13.0. The van der Waals surface area contributed by atoms with Crippen molar-refractivity contribution in [2.45, 2.75) is 37.1 Å². The number of carbonyl (C=O) groups is 1. The van der Waals surface area contributed by atoms with Gasteiger partial charge in [0.05, 0.1) is 19.3 Å². The molecule has 3 heterocycles. The van der Waals surface area contributed by atoms with Crippen molar-refractivity contribution >= 4 is 5.97 Å². The van der Waals surface area contributed by atoms with Gasteiger partial charge in [-0.2, -0.15) is 0 Å². The fourth-order valence-corrected chi connectivity index (χ4v) is 4.49. The van der Waals surface area contributed by atoms with E-state index in [2.05, 4.69) is 9.80 Å². The second-order valence-electron chi connectivity index (χ2n) is 8.21. The largest absolute Gasteiger partial charge is 0.504 e. The molecule has 0 bridgehead atoms. The predicted molar refractivity (Wildman–Crippen MR) is 105 cm³/mol. The van der Waals surface area contributed by atoms with Gasteiger partial charge in [0.15, 0.2) is 17.6 Å². The van der Waals surface area contributed by atoms with Crippen molar-refractivity contribution in [3.05, 3.63) is 16.7 Å². The van der Waals surface area contributed by atoms with Gasteiger partial charge in [-0.05, 0) is 7.05 Å². The van der Waals surface area contributed by atoms with Crippen LogP contribution in [-0.2, 0) is 16.0 Å². The topological polar surface area (TPSA) is 152 Å². The minimum Gasteiger partial charge on any atom is -0.504 e. The molecule has 0 radical (unpaired) electrons. The van der Waals surface area contributed by atoms with Crippen LogP contribution in [0.5, 0.6) is 17.2 Å². The molecule has 2 fully saturated rings. The highest BCUT2D eigenvalue weighted by Gasteiger charge is 2.53. The van der Waals surface area contributed by atoms with E-state index in [9.17, 15) is 30.3 Å². The standard InChI is InChI=1S/C20H28N2O9/c1-21-3-5-22(6-4-21)7-9-11-12(15(26)18(29-2)13(9)24)17-19(31-20(11)28)16(27)14(25)10(8-23)30-17/h10,14,16-17,19,23-27H,3-8H2,1-2H3/t10-,14-,16+,17+,19-/m1/s1. The van der Waals surface area contributed by atoms with Gasteiger partial charge in [-0.25, -0.2) is 4.79 Å². The molecule has 0 unspecified atom stereocenters. The van der Waals surface area contributed by atoms with E-state index in [4.69, 9.17) is 14.2 Å². The van der Waals surface area contributed by atoms with E-state index < -0.39 is 48.8 Å². The quantitative estimate of drug-likeness (QED) is 0.350. The van der Waals surface area contributed by atoms with Gasteiger partial charge in [0, 0.05) is 43.9 Å². The number of benzene rings is 1. The van der Waals surface area contributed by atoms with Crippen LogP contribution in [0.25, 0.3) is 0 Å². The van der Waals surface area contributed by atoms with Gasteiger partial charge in [0.2, 0.25) is 5.75 Å². The summed E-state index contributed by atoms with van der Waals surface area (Å²) in [5.41, 5.74) is 0.170. The highest BCUT2D eigenvalue weighted by molar-refractivity contribution is 5.97. The number of likely N-dealkylation sites (N-methyl/N-ethyl adjacent to an activating group) is 1. The number of piperazine rings is 1. The number of hydrogen-bond donors (Lipinski definition) is 5. The van der Waals surface area contributed by atoms with Crippen molar-refractivity contribution in [3.63, 3.8) is 0 Å². The smallest absolute Gasteiger partial charge is 0.339 e. The number of methoxy groups -OCH3 is 1. The van der Waals surface area contributed by atoms with Crippen molar-refractivity contribution < 1.29 is 44.5 Å². The maximum absolute atomic E-state index is 13.0. The van der Waals surface area contributed by atoms with Crippen molar-refractivity contribution in [2.75, 3.05) is 46.9 Å². The van der Waals surface area contributed by atoms with E-state index in [0.29, 0.717) is 13.1 Å². The number of aliphatic hydroxyl groups excluding tert-OH is 3. The van der Waals surface area contributed by atoms with Gasteiger partial charge in [0.25, 0.3) is 0 Å². The van der Waals surface area contributed by atoms with Crippen LogP contribution in [0.2, 0.25) is 0 Å². The number of carbonyl (C=O) groups excluding carboxylic acids is 1. The summed E-state index contributed by atoms with van der Waals surface area (Å²) in [5.74, 6) is -1.96. The van der Waals surface area contributed by atoms with E-state index >= 15 is 0 Å². The first kappa shape index (κ1) is 22.1. The summed E-state index contributed by atoms with van der Waals surface area (Å²) >= 11 is 0.